The highest BCUT2D eigenvalue weighted by atomic mass is 16.1. The number of anilines is 3. The van der Waals surface area contributed by atoms with E-state index in [2.05, 4.69) is 33.0 Å². The van der Waals surface area contributed by atoms with Gasteiger partial charge in [-0.3, -0.25) is 9.78 Å². The molecule has 5 nitrogen and oxygen atoms in total. The SMILES string of the molecule is Cc1ccc(C=O)cc1.Nc1ccc(N2CCN(c3cccnc3)CC2)cc1.[HH]. The molecule has 1 aromatic heterocycles. The number of nitrogens with two attached hydrogens (primary N) is 1. The Bertz CT molecular complexity index is 862. The molecule has 0 amide bonds. The van der Waals surface area contributed by atoms with Gasteiger partial charge in [0, 0.05) is 50.7 Å². The summed E-state index contributed by atoms with van der Waals surface area (Å²) in [5.41, 5.74) is 10.9. The summed E-state index contributed by atoms with van der Waals surface area (Å²) in [7, 11) is 0. The van der Waals surface area contributed by atoms with Crippen LogP contribution in [0, 0.1) is 6.92 Å². The summed E-state index contributed by atoms with van der Waals surface area (Å²) >= 11 is 0. The van der Waals surface area contributed by atoms with E-state index in [4.69, 9.17) is 5.73 Å². The van der Waals surface area contributed by atoms with Crippen molar-refractivity contribution in [2.45, 2.75) is 6.92 Å². The van der Waals surface area contributed by atoms with Gasteiger partial charge in [-0.25, -0.2) is 0 Å². The maximum absolute atomic E-state index is 10.1. The van der Waals surface area contributed by atoms with Crippen molar-refractivity contribution in [2.24, 2.45) is 0 Å². The Hall–Kier alpha value is -3.34. The number of rotatable bonds is 3. The van der Waals surface area contributed by atoms with Crippen LogP contribution in [-0.2, 0) is 0 Å². The van der Waals surface area contributed by atoms with E-state index >= 15 is 0 Å². The first-order valence-corrected chi connectivity index (χ1v) is 9.43. The molecular weight excluding hydrogens is 348 g/mol. The number of pyridine rings is 1. The summed E-state index contributed by atoms with van der Waals surface area (Å²) in [6.45, 7) is 6.10. The van der Waals surface area contributed by atoms with Crippen molar-refractivity contribution in [2.75, 3.05) is 41.7 Å². The first-order chi connectivity index (χ1) is 13.7. The zero-order chi connectivity index (χ0) is 19.8. The number of nitrogens with zero attached hydrogens (tertiary/aromatic N) is 3. The van der Waals surface area contributed by atoms with Crippen LogP contribution in [0.15, 0.2) is 73.1 Å². The molecule has 28 heavy (non-hydrogen) atoms. The summed E-state index contributed by atoms with van der Waals surface area (Å²) in [5, 5.41) is 0. The second-order valence-corrected chi connectivity index (χ2v) is 6.81. The average Bonchev–Trinajstić information content (AvgIpc) is 2.76. The number of carbonyl (C=O) groups excluding carboxylic acids is 1. The Morgan fingerprint density at radius 3 is 2.04 bits per heavy atom. The molecule has 0 saturated carbocycles. The lowest BCUT2D eigenvalue weighted by molar-refractivity contribution is 0.112. The highest BCUT2D eigenvalue weighted by molar-refractivity contribution is 5.74. The summed E-state index contributed by atoms with van der Waals surface area (Å²) in [5.74, 6) is 0. The number of piperazine rings is 1. The van der Waals surface area contributed by atoms with Gasteiger partial charge < -0.3 is 15.5 Å². The minimum atomic E-state index is 0. The summed E-state index contributed by atoms with van der Waals surface area (Å²) in [6.07, 6.45) is 4.59. The topological polar surface area (TPSA) is 62.5 Å². The third-order valence-electron chi connectivity index (χ3n) is 4.76. The number of benzene rings is 2. The van der Waals surface area contributed by atoms with Crippen LogP contribution in [0.2, 0.25) is 0 Å². The van der Waals surface area contributed by atoms with Crippen LogP contribution in [-0.4, -0.2) is 37.4 Å². The maximum atomic E-state index is 10.1. The standard InChI is InChI=1S/C15H18N4.C8H8O.H2/c16-13-3-5-14(6-4-13)18-8-10-19(11-9-18)15-2-1-7-17-12-15;1-7-2-4-8(6-9)5-3-7;/h1-7,12H,8-11,16H2;2-6H,1H3;1H. The normalized spacial score (nSPS) is 13.5. The van der Waals surface area contributed by atoms with Crippen molar-refractivity contribution >= 4 is 23.3 Å². The molecule has 1 aliphatic heterocycles. The highest BCUT2D eigenvalue weighted by Crippen LogP contribution is 2.20. The van der Waals surface area contributed by atoms with E-state index in [9.17, 15) is 4.79 Å². The molecule has 4 rings (SSSR count). The predicted molar refractivity (Wildman–Crippen MR) is 118 cm³/mol. The predicted octanol–water partition coefficient (Wildman–Crippen LogP) is 4.04. The molecule has 0 atom stereocenters. The first kappa shape index (κ1) is 19.4. The van der Waals surface area contributed by atoms with Crippen LogP contribution in [0.5, 0.6) is 0 Å². The van der Waals surface area contributed by atoms with Crippen molar-refractivity contribution in [1.29, 1.82) is 0 Å². The molecule has 0 spiro atoms. The molecule has 2 heterocycles. The van der Waals surface area contributed by atoms with Gasteiger partial charge in [-0.05, 0) is 43.3 Å². The second kappa shape index (κ2) is 9.55. The van der Waals surface area contributed by atoms with Crippen LogP contribution >= 0.6 is 0 Å². The second-order valence-electron chi connectivity index (χ2n) is 6.81. The number of aryl methyl sites for hydroxylation is 1. The Labute approximate surface area is 167 Å². The first-order valence-electron chi connectivity index (χ1n) is 9.43. The highest BCUT2D eigenvalue weighted by Gasteiger charge is 2.17. The quantitative estimate of drug-likeness (QED) is 0.552. The molecule has 1 saturated heterocycles. The lowest BCUT2D eigenvalue weighted by Crippen LogP contribution is -2.46. The van der Waals surface area contributed by atoms with Gasteiger partial charge in [0.05, 0.1) is 11.9 Å². The van der Waals surface area contributed by atoms with Gasteiger partial charge in [0.25, 0.3) is 0 Å². The summed E-state index contributed by atoms with van der Waals surface area (Å²) < 4.78 is 0. The number of aldehydes is 1. The molecule has 0 unspecified atom stereocenters. The molecule has 0 bridgehead atoms. The number of nitrogen functional groups attached to an aromatic ring is 1. The van der Waals surface area contributed by atoms with Gasteiger partial charge in [-0.1, -0.05) is 29.8 Å². The van der Waals surface area contributed by atoms with Gasteiger partial charge >= 0.3 is 0 Å². The molecular formula is C23H28N4O. The third-order valence-corrected chi connectivity index (χ3v) is 4.76. The van der Waals surface area contributed by atoms with Gasteiger partial charge in [0.1, 0.15) is 6.29 Å². The number of carbonyl (C=O) groups is 1. The minimum absolute atomic E-state index is 0. The van der Waals surface area contributed by atoms with E-state index in [0.29, 0.717) is 0 Å². The molecule has 0 aliphatic carbocycles. The zero-order valence-electron chi connectivity index (χ0n) is 16.2. The smallest absolute Gasteiger partial charge is 0.150 e. The van der Waals surface area contributed by atoms with E-state index in [-0.39, 0.29) is 1.43 Å². The molecule has 2 N–H and O–H groups in total. The van der Waals surface area contributed by atoms with Crippen LogP contribution in [0.4, 0.5) is 17.1 Å². The van der Waals surface area contributed by atoms with E-state index in [1.807, 2.05) is 61.8 Å². The molecule has 3 aromatic rings. The van der Waals surface area contributed by atoms with E-state index in [0.717, 1.165) is 43.7 Å². The van der Waals surface area contributed by atoms with Crippen LogP contribution in [0.1, 0.15) is 17.3 Å². The van der Waals surface area contributed by atoms with E-state index < -0.39 is 0 Å². The molecule has 1 fully saturated rings. The van der Waals surface area contributed by atoms with E-state index in [1.165, 1.54) is 16.9 Å². The fraction of sp³-hybridized carbons (Fsp3) is 0.217. The Kier molecular flexibility index (Phi) is 6.63. The van der Waals surface area contributed by atoms with Crippen molar-refractivity contribution in [3.05, 3.63) is 84.2 Å². The van der Waals surface area contributed by atoms with Crippen molar-refractivity contribution in [3.63, 3.8) is 0 Å². The monoisotopic (exact) mass is 376 g/mol. The molecule has 146 valence electrons. The lowest BCUT2D eigenvalue weighted by atomic mass is 10.2. The van der Waals surface area contributed by atoms with Gasteiger partial charge in [0.15, 0.2) is 0 Å². The molecule has 1 aliphatic rings. The van der Waals surface area contributed by atoms with E-state index in [1.54, 1.807) is 0 Å². The number of hydrogen-bond acceptors (Lipinski definition) is 5. The van der Waals surface area contributed by atoms with Crippen molar-refractivity contribution in [1.82, 2.24) is 4.98 Å². The minimum Gasteiger partial charge on any atom is -0.399 e. The van der Waals surface area contributed by atoms with Crippen LogP contribution in [0.3, 0.4) is 0 Å². The molecule has 2 aromatic carbocycles. The lowest BCUT2D eigenvalue weighted by Gasteiger charge is -2.37. The Morgan fingerprint density at radius 1 is 0.893 bits per heavy atom. The van der Waals surface area contributed by atoms with Crippen molar-refractivity contribution in [3.8, 4) is 0 Å². The van der Waals surface area contributed by atoms with Gasteiger partial charge in [-0.2, -0.15) is 0 Å². The maximum Gasteiger partial charge on any atom is 0.150 e. The van der Waals surface area contributed by atoms with Crippen molar-refractivity contribution < 1.29 is 6.22 Å². The van der Waals surface area contributed by atoms with Gasteiger partial charge in [-0.15, -0.1) is 0 Å². The number of hydrogen-bond donors (Lipinski definition) is 1. The third kappa shape index (κ3) is 5.33. The Balaban J connectivity index is 0.000000255. The fourth-order valence-electron chi connectivity index (χ4n) is 3.09. The summed E-state index contributed by atoms with van der Waals surface area (Å²) in [4.78, 5) is 19.1. The largest absolute Gasteiger partial charge is 0.399 e. The van der Waals surface area contributed by atoms with Crippen LogP contribution in [0.25, 0.3) is 0 Å². The van der Waals surface area contributed by atoms with Crippen LogP contribution < -0.4 is 15.5 Å². The summed E-state index contributed by atoms with van der Waals surface area (Å²) in [6, 6.07) is 19.7. The average molecular weight is 377 g/mol. The molecule has 0 radical (unpaired) electrons. The fourth-order valence-corrected chi connectivity index (χ4v) is 3.09. The molecule has 5 heteroatoms. The zero-order valence-corrected chi connectivity index (χ0v) is 16.2. The number of aromatic nitrogens is 1. The Morgan fingerprint density at radius 2 is 1.50 bits per heavy atom. The van der Waals surface area contributed by atoms with Gasteiger partial charge in [0.2, 0.25) is 0 Å².